The van der Waals surface area contributed by atoms with E-state index in [9.17, 15) is 0 Å². The molecule has 1 fully saturated rings. The average molecular weight is 490 g/mol. The quantitative estimate of drug-likeness (QED) is 0.189. The molecule has 0 amide bonds. The zero-order valence-corrected chi connectivity index (χ0v) is 19.3. The smallest absolute Gasteiger partial charge is 0.193 e. The summed E-state index contributed by atoms with van der Waals surface area (Å²) in [6, 6.07) is 4.24. The number of rotatable bonds is 9. The first-order valence-electron chi connectivity index (χ1n) is 9.64. The van der Waals surface area contributed by atoms with Crippen LogP contribution in [0.2, 0.25) is 0 Å². The Morgan fingerprint density at radius 2 is 2.15 bits per heavy atom. The van der Waals surface area contributed by atoms with Crippen molar-refractivity contribution in [3.05, 3.63) is 36.3 Å². The van der Waals surface area contributed by atoms with E-state index >= 15 is 0 Å². The third-order valence-electron chi connectivity index (χ3n) is 4.59. The van der Waals surface area contributed by atoms with Crippen molar-refractivity contribution < 1.29 is 9.15 Å². The van der Waals surface area contributed by atoms with Gasteiger partial charge < -0.3 is 19.4 Å². The van der Waals surface area contributed by atoms with Crippen molar-refractivity contribution in [2.75, 3.05) is 53.0 Å². The highest BCUT2D eigenvalue weighted by Crippen LogP contribution is 2.24. The number of nitrogens with one attached hydrogen (secondary N) is 1. The topological polar surface area (TPSA) is 53.2 Å². The second-order valence-corrected chi connectivity index (χ2v) is 6.66. The van der Waals surface area contributed by atoms with Crippen molar-refractivity contribution in [1.29, 1.82) is 0 Å². The van der Waals surface area contributed by atoms with Crippen LogP contribution >= 0.6 is 24.0 Å². The molecule has 1 saturated heterocycles. The van der Waals surface area contributed by atoms with Gasteiger partial charge in [0.2, 0.25) is 0 Å². The Bertz CT molecular complexity index is 570. The number of hydrogen-bond acceptors (Lipinski definition) is 4. The zero-order valence-electron chi connectivity index (χ0n) is 16.9. The molecule has 1 aromatic rings. The molecule has 2 heterocycles. The van der Waals surface area contributed by atoms with E-state index in [0.717, 1.165) is 69.7 Å². The monoisotopic (exact) mass is 490 g/mol. The van der Waals surface area contributed by atoms with Gasteiger partial charge in [0.25, 0.3) is 0 Å². The van der Waals surface area contributed by atoms with Crippen molar-refractivity contribution in [1.82, 2.24) is 15.1 Å². The summed E-state index contributed by atoms with van der Waals surface area (Å²) in [4.78, 5) is 9.52. The SMILES string of the molecule is C=CCCCN(C)C(=NCC(c1ccc(C)o1)N1CCOCC1)NCC.I. The number of ether oxygens (including phenoxy) is 1. The number of guanidine groups is 1. The molecule has 0 saturated carbocycles. The molecule has 27 heavy (non-hydrogen) atoms. The largest absolute Gasteiger partial charge is 0.465 e. The van der Waals surface area contributed by atoms with Crippen LogP contribution in [0.5, 0.6) is 0 Å². The normalized spacial score (nSPS) is 16.5. The number of allylic oxidation sites excluding steroid dienone is 1. The highest BCUT2D eigenvalue weighted by atomic mass is 127. The Labute approximate surface area is 181 Å². The van der Waals surface area contributed by atoms with Crippen LogP contribution in [-0.4, -0.2) is 68.7 Å². The number of aryl methyl sites for hydroxylation is 1. The van der Waals surface area contributed by atoms with Crippen LogP contribution in [0.25, 0.3) is 0 Å². The minimum atomic E-state index is 0. The summed E-state index contributed by atoms with van der Waals surface area (Å²) in [6.07, 6.45) is 4.06. The minimum Gasteiger partial charge on any atom is -0.465 e. The molecule has 0 bridgehead atoms. The van der Waals surface area contributed by atoms with Crippen LogP contribution in [0.15, 0.2) is 34.2 Å². The molecular formula is C20H35IN4O2. The molecule has 0 aromatic carbocycles. The van der Waals surface area contributed by atoms with Crippen LogP contribution in [-0.2, 0) is 4.74 Å². The first-order valence-corrected chi connectivity index (χ1v) is 9.64. The summed E-state index contributed by atoms with van der Waals surface area (Å²) in [5.41, 5.74) is 0. The number of aliphatic imine (C=N–C) groups is 1. The molecular weight excluding hydrogens is 455 g/mol. The van der Waals surface area contributed by atoms with E-state index in [1.807, 2.05) is 19.1 Å². The van der Waals surface area contributed by atoms with Crippen molar-refractivity contribution in [3.8, 4) is 0 Å². The highest BCUT2D eigenvalue weighted by Gasteiger charge is 2.25. The minimum absolute atomic E-state index is 0. The molecule has 154 valence electrons. The van der Waals surface area contributed by atoms with Crippen molar-refractivity contribution in [2.45, 2.75) is 32.7 Å². The van der Waals surface area contributed by atoms with Gasteiger partial charge in [-0.05, 0) is 38.8 Å². The third kappa shape index (κ3) is 7.83. The number of furan rings is 1. The lowest BCUT2D eigenvalue weighted by Crippen LogP contribution is -2.42. The van der Waals surface area contributed by atoms with Gasteiger partial charge in [0.1, 0.15) is 11.5 Å². The van der Waals surface area contributed by atoms with Gasteiger partial charge in [-0.15, -0.1) is 30.6 Å². The molecule has 1 aliphatic rings. The fourth-order valence-electron chi connectivity index (χ4n) is 3.13. The Kier molecular flexibility index (Phi) is 11.7. The van der Waals surface area contributed by atoms with Crippen molar-refractivity contribution in [3.63, 3.8) is 0 Å². The number of hydrogen-bond donors (Lipinski definition) is 1. The van der Waals surface area contributed by atoms with E-state index in [1.165, 1.54) is 0 Å². The van der Waals surface area contributed by atoms with Crippen LogP contribution in [0.4, 0.5) is 0 Å². The van der Waals surface area contributed by atoms with Gasteiger partial charge in [0, 0.05) is 33.2 Å². The molecule has 2 rings (SSSR count). The van der Waals surface area contributed by atoms with E-state index in [-0.39, 0.29) is 30.0 Å². The van der Waals surface area contributed by atoms with Crippen LogP contribution in [0.3, 0.4) is 0 Å². The Balaban J connectivity index is 0.00000364. The van der Waals surface area contributed by atoms with Gasteiger partial charge in [0.15, 0.2) is 5.96 Å². The summed E-state index contributed by atoms with van der Waals surface area (Å²) in [7, 11) is 2.09. The van der Waals surface area contributed by atoms with Crippen molar-refractivity contribution >= 4 is 29.9 Å². The maximum Gasteiger partial charge on any atom is 0.193 e. The second kappa shape index (κ2) is 13.2. The van der Waals surface area contributed by atoms with Crippen LogP contribution in [0.1, 0.15) is 37.3 Å². The molecule has 0 radical (unpaired) electrons. The standard InChI is InChI=1S/C20H34N4O2.HI/c1-5-7-8-11-23(4)20(21-6-2)22-16-18(19-10-9-17(3)26-19)24-12-14-25-15-13-24;/h5,9-10,18H,1,6-8,11-16H2,2-4H3,(H,21,22);1H. The number of unbranched alkanes of at least 4 members (excludes halogenated alkanes) is 1. The molecule has 1 N–H and O–H groups in total. The predicted molar refractivity (Wildman–Crippen MR) is 122 cm³/mol. The molecule has 0 spiro atoms. The maximum atomic E-state index is 5.93. The van der Waals surface area contributed by atoms with E-state index in [0.29, 0.717) is 6.54 Å². The van der Waals surface area contributed by atoms with Crippen molar-refractivity contribution in [2.24, 2.45) is 4.99 Å². The molecule has 7 heteroatoms. The van der Waals surface area contributed by atoms with Gasteiger partial charge >= 0.3 is 0 Å². The molecule has 1 atom stereocenters. The fourth-order valence-corrected chi connectivity index (χ4v) is 3.13. The summed E-state index contributed by atoms with van der Waals surface area (Å²) < 4.78 is 11.4. The molecule has 0 aliphatic carbocycles. The first kappa shape index (κ1) is 24.0. The molecule has 6 nitrogen and oxygen atoms in total. The van der Waals surface area contributed by atoms with Crippen LogP contribution in [0, 0.1) is 6.92 Å². The fraction of sp³-hybridized carbons (Fsp3) is 0.650. The maximum absolute atomic E-state index is 5.93. The molecule has 1 aromatic heterocycles. The van der Waals surface area contributed by atoms with Gasteiger partial charge in [-0.1, -0.05) is 6.08 Å². The van der Waals surface area contributed by atoms with Gasteiger partial charge in [-0.3, -0.25) is 9.89 Å². The summed E-state index contributed by atoms with van der Waals surface area (Å²) >= 11 is 0. The summed E-state index contributed by atoms with van der Waals surface area (Å²) in [5.74, 6) is 2.87. The predicted octanol–water partition coefficient (Wildman–Crippen LogP) is 3.44. The average Bonchev–Trinajstić information content (AvgIpc) is 3.08. The second-order valence-electron chi connectivity index (χ2n) is 6.66. The number of morpholine rings is 1. The van der Waals surface area contributed by atoms with E-state index in [1.54, 1.807) is 0 Å². The number of nitrogens with zero attached hydrogens (tertiary/aromatic N) is 3. The van der Waals surface area contributed by atoms with Gasteiger partial charge in [0.05, 0.1) is 25.8 Å². The lowest BCUT2D eigenvalue weighted by molar-refractivity contribution is 0.0135. The summed E-state index contributed by atoms with van der Waals surface area (Å²) in [6.45, 7) is 13.7. The Morgan fingerprint density at radius 1 is 1.41 bits per heavy atom. The zero-order chi connectivity index (χ0) is 18.8. The highest BCUT2D eigenvalue weighted by molar-refractivity contribution is 14.0. The lowest BCUT2D eigenvalue weighted by atomic mass is 10.1. The van der Waals surface area contributed by atoms with Crippen LogP contribution < -0.4 is 5.32 Å². The molecule has 1 aliphatic heterocycles. The Hall–Kier alpha value is -1.06. The third-order valence-corrected chi connectivity index (χ3v) is 4.59. The van der Waals surface area contributed by atoms with Gasteiger partial charge in [-0.2, -0.15) is 0 Å². The lowest BCUT2D eigenvalue weighted by Gasteiger charge is -2.33. The Morgan fingerprint density at radius 3 is 2.74 bits per heavy atom. The van der Waals surface area contributed by atoms with Gasteiger partial charge in [-0.25, -0.2) is 0 Å². The first-order chi connectivity index (χ1) is 12.7. The number of halogens is 1. The van der Waals surface area contributed by atoms with E-state index < -0.39 is 0 Å². The van der Waals surface area contributed by atoms with E-state index in [4.69, 9.17) is 14.1 Å². The molecule has 1 unspecified atom stereocenters. The summed E-state index contributed by atoms with van der Waals surface area (Å²) in [5, 5.41) is 3.40. The van der Waals surface area contributed by atoms with E-state index in [2.05, 4.69) is 41.7 Å².